The summed E-state index contributed by atoms with van der Waals surface area (Å²) in [6.07, 6.45) is 7.38. The van der Waals surface area contributed by atoms with Crippen LogP contribution < -0.4 is 5.32 Å². The summed E-state index contributed by atoms with van der Waals surface area (Å²) in [5.41, 5.74) is 0.253. The van der Waals surface area contributed by atoms with Crippen molar-refractivity contribution >= 4 is 17.8 Å². The number of nitrogens with zero attached hydrogens (tertiary/aromatic N) is 2. The van der Waals surface area contributed by atoms with Gasteiger partial charge >= 0.3 is 6.03 Å². The van der Waals surface area contributed by atoms with Gasteiger partial charge in [-0.1, -0.05) is 33.6 Å². The van der Waals surface area contributed by atoms with Crippen molar-refractivity contribution in [1.82, 2.24) is 15.1 Å². The van der Waals surface area contributed by atoms with Gasteiger partial charge in [0.2, 0.25) is 0 Å². The first-order valence-corrected chi connectivity index (χ1v) is 9.35. The van der Waals surface area contributed by atoms with Gasteiger partial charge < -0.3 is 10.2 Å². The molecule has 140 valence electrons. The van der Waals surface area contributed by atoms with Crippen LogP contribution in [-0.2, 0) is 9.59 Å². The maximum Gasteiger partial charge on any atom is 0.317 e. The molecule has 1 unspecified atom stereocenters. The van der Waals surface area contributed by atoms with Crippen LogP contribution >= 0.6 is 0 Å². The summed E-state index contributed by atoms with van der Waals surface area (Å²) in [7, 11) is 0. The van der Waals surface area contributed by atoms with Gasteiger partial charge in [-0.3, -0.25) is 14.5 Å². The minimum Gasteiger partial charge on any atom is -0.338 e. The number of carbonyl (C=O) groups excluding carboxylic acids is 3. The van der Waals surface area contributed by atoms with Crippen molar-refractivity contribution in [3.8, 4) is 0 Å². The number of imide groups is 1. The van der Waals surface area contributed by atoms with E-state index in [9.17, 15) is 14.4 Å². The molecule has 6 nitrogen and oxygen atoms in total. The summed E-state index contributed by atoms with van der Waals surface area (Å²) in [4.78, 5) is 38.2. The molecule has 2 heterocycles. The van der Waals surface area contributed by atoms with Crippen molar-refractivity contribution in [1.29, 1.82) is 0 Å². The highest BCUT2D eigenvalue weighted by Crippen LogP contribution is 2.33. The molecule has 2 aliphatic heterocycles. The quantitative estimate of drug-likeness (QED) is 0.567. The summed E-state index contributed by atoms with van der Waals surface area (Å²) in [6, 6.07) is 0.0473. The van der Waals surface area contributed by atoms with Crippen LogP contribution in [0.3, 0.4) is 0 Å². The third kappa shape index (κ3) is 5.58. The van der Waals surface area contributed by atoms with E-state index in [-0.39, 0.29) is 23.3 Å². The summed E-state index contributed by atoms with van der Waals surface area (Å²) >= 11 is 0. The van der Waals surface area contributed by atoms with E-state index in [1.54, 1.807) is 0 Å². The molecule has 1 saturated heterocycles. The Morgan fingerprint density at radius 3 is 2.36 bits per heavy atom. The molecule has 4 amide bonds. The van der Waals surface area contributed by atoms with Crippen LogP contribution in [0.1, 0.15) is 52.9 Å². The highest BCUT2D eigenvalue weighted by atomic mass is 16.2. The van der Waals surface area contributed by atoms with Crippen molar-refractivity contribution in [3.63, 3.8) is 0 Å². The molecule has 2 aliphatic rings. The first-order valence-electron chi connectivity index (χ1n) is 9.35. The number of rotatable bonds is 7. The van der Waals surface area contributed by atoms with E-state index in [4.69, 9.17) is 0 Å². The molecule has 0 aliphatic carbocycles. The van der Waals surface area contributed by atoms with Gasteiger partial charge in [-0.2, -0.15) is 0 Å². The van der Waals surface area contributed by atoms with Crippen molar-refractivity contribution in [2.24, 2.45) is 11.3 Å². The zero-order chi connectivity index (χ0) is 18.4. The first-order chi connectivity index (χ1) is 11.8. The molecular formula is C19H31N3O3. The average Bonchev–Trinajstić information content (AvgIpc) is 3.15. The lowest BCUT2D eigenvalue weighted by Crippen LogP contribution is -2.39. The van der Waals surface area contributed by atoms with Gasteiger partial charge in [0.05, 0.1) is 0 Å². The lowest BCUT2D eigenvalue weighted by Gasteiger charge is -2.27. The summed E-state index contributed by atoms with van der Waals surface area (Å²) in [5, 5.41) is 3.00. The number of hydrogen-bond donors (Lipinski definition) is 1. The van der Waals surface area contributed by atoms with Crippen molar-refractivity contribution in [2.75, 3.05) is 26.2 Å². The zero-order valence-electron chi connectivity index (χ0n) is 15.7. The van der Waals surface area contributed by atoms with E-state index in [0.717, 1.165) is 45.2 Å². The second kappa shape index (κ2) is 8.50. The van der Waals surface area contributed by atoms with Crippen molar-refractivity contribution in [3.05, 3.63) is 12.2 Å². The van der Waals surface area contributed by atoms with Crippen LogP contribution in [0, 0.1) is 11.3 Å². The molecular weight excluding hydrogens is 318 g/mol. The Hall–Kier alpha value is -1.85. The van der Waals surface area contributed by atoms with Crippen LogP contribution in [0.25, 0.3) is 0 Å². The Kier molecular flexibility index (Phi) is 6.62. The molecule has 0 aromatic rings. The van der Waals surface area contributed by atoms with Gasteiger partial charge in [-0.15, -0.1) is 0 Å². The second-order valence-corrected chi connectivity index (χ2v) is 8.11. The predicted molar refractivity (Wildman–Crippen MR) is 96.9 cm³/mol. The van der Waals surface area contributed by atoms with Crippen LogP contribution in [0.15, 0.2) is 12.2 Å². The van der Waals surface area contributed by atoms with Gasteiger partial charge in [0.25, 0.3) is 11.8 Å². The van der Waals surface area contributed by atoms with E-state index >= 15 is 0 Å². The maximum atomic E-state index is 12.2. The summed E-state index contributed by atoms with van der Waals surface area (Å²) in [5.74, 6) is 0.150. The van der Waals surface area contributed by atoms with Gasteiger partial charge in [0.1, 0.15) is 0 Å². The third-order valence-electron chi connectivity index (χ3n) is 5.19. The maximum absolute atomic E-state index is 12.2. The molecule has 6 heteroatoms. The number of urea groups is 1. The van der Waals surface area contributed by atoms with E-state index in [1.165, 1.54) is 17.1 Å². The molecule has 1 fully saturated rings. The Labute approximate surface area is 150 Å². The van der Waals surface area contributed by atoms with Gasteiger partial charge in [0.15, 0.2) is 0 Å². The van der Waals surface area contributed by atoms with Crippen LogP contribution in [0.5, 0.6) is 0 Å². The average molecular weight is 349 g/mol. The molecule has 0 bridgehead atoms. The highest BCUT2D eigenvalue weighted by Gasteiger charge is 2.33. The van der Waals surface area contributed by atoms with Gasteiger partial charge in [-0.25, -0.2) is 4.79 Å². The Morgan fingerprint density at radius 2 is 1.76 bits per heavy atom. The largest absolute Gasteiger partial charge is 0.338 e. The predicted octanol–water partition coefficient (Wildman–Crippen LogP) is 2.55. The molecule has 0 saturated carbocycles. The lowest BCUT2D eigenvalue weighted by molar-refractivity contribution is -0.136. The molecule has 25 heavy (non-hydrogen) atoms. The number of likely N-dealkylation sites (tertiary alicyclic amines) is 1. The fourth-order valence-electron chi connectivity index (χ4n) is 3.36. The normalized spacial score (nSPS) is 20.7. The first kappa shape index (κ1) is 19.5. The lowest BCUT2D eigenvalue weighted by atomic mass is 9.80. The summed E-state index contributed by atoms with van der Waals surface area (Å²) < 4.78 is 0. The number of carbonyl (C=O) groups is 3. The SMILES string of the molecule is CC(C)(C)C1CCN(C(=O)NCCCCCCN2C(=O)C=CC2=O)C1. The minimum absolute atomic E-state index is 0.0473. The van der Waals surface area contributed by atoms with Gasteiger partial charge in [0, 0.05) is 38.3 Å². The minimum atomic E-state index is -0.212. The zero-order valence-corrected chi connectivity index (χ0v) is 15.7. The molecule has 0 radical (unpaired) electrons. The summed E-state index contributed by atoms with van der Waals surface area (Å²) in [6.45, 7) is 9.56. The van der Waals surface area contributed by atoms with Crippen LogP contribution in [0.4, 0.5) is 4.79 Å². The molecule has 2 rings (SSSR count). The van der Waals surface area contributed by atoms with Crippen molar-refractivity contribution in [2.45, 2.75) is 52.9 Å². The fraction of sp³-hybridized carbons (Fsp3) is 0.737. The molecule has 0 aromatic heterocycles. The topological polar surface area (TPSA) is 69.7 Å². The van der Waals surface area contributed by atoms with E-state index in [0.29, 0.717) is 19.0 Å². The highest BCUT2D eigenvalue weighted by molar-refractivity contribution is 6.12. The Morgan fingerprint density at radius 1 is 1.12 bits per heavy atom. The molecule has 1 atom stereocenters. The third-order valence-corrected chi connectivity index (χ3v) is 5.19. The van der Waals surface area contributed by atoms with E-state index in [1.807, 2.05) is 4.90 Å². The van der Waals surface area contributed by atoms with Crippen LogP contribution in [0.2, 0.25) is 0 Å². The second-order valence-electron chi connectivity index (χ2n) is 8.11. The Bertz CT molecular complexity index is 519. The van der Waals surface area contributed by atoms with Gasteiger partial charge in [-0.05, 0) is 30.6 Å². The Balaban J connectivity index is 1.51. The van der Waals surface area contributed by atoms with Crippen molar-refractivity contribution < 1.29 is 14.4 Å². The monoisotopic (exact) mass is 349 g/mol. The number of unbranched alkanes of at least 4 members (excludes halogenated alkanes) is 3. The number of hydrogen-bond acceptors (Lipinski definition) is 3. The van der Waals surface area contributed by atoms with E-state index in [2.05, 4.69) is 26.1 Å². The molecule has 0 aromatic carbocycles. The molecule has 1 N–H and O–H groups in total. The number of amides is 4. The van der Waals surface area contributed by atoms with E-state index < -0.39 is 0 Å². The smallest absolute Gasteiger partial charge is 0.317 e. The fourth-order valence-corrected chi connectivity index (χ4v) is 3.36. The van der Waals surface area contributed by atoms with Crippen LogP contribution in [-0.4, -0.2) is 53.8 Å². The number of nitrogens with one attached hydrogen (secondary N) is 1. The molecule has 0 spiro atoms. The standard InChI is InChI=1S/C19H31N3O3/c1-19(2,3)15-10-13-21(14-15)18(25)20-11-6-4-5-7-12-22-16(23)8-9-17(22)24/h8-9,15H,4-7,10-14H2,1-3H3,(H,20,25).